The predicted octanol–water partition coefficient (Wildman–Crippen LogP) is 3.36. The maximum Gasteiger partial charge on any atom is 0.322 e. The fourth-order valence-electron chi connectivity index (χ4n) is 1.67. The highest BCUT2D eigenvalue weighted by molar-refractivity contribution is 7.99. The molecule has 0 amide bonds. The van der Waals surface area contributed by atoms with E-state index in [0.717, 1.165) is 22.1 Å². The Balaban J connectivity index is 2.45. The molecule has 0 spiro atoms. The van der Waals surface area contributed by atoms with Crippen LogP contribution in [0, 0.1) is 0 Å². The second kappa shape index (κ2) is 8.46. The quantitative estimate of drug-likeness (QED) is 0.619. The third-order valence-electron chi connectivity index (χ3n) is 2.49. The van der Waals surface area contributed by atoms with Crippen molar-refractivity contribution in [1.29, 1.82) is 0 Å². The number of carbonyl (C=O) groups excluding carboxylic acids is 1. The third-order valence-corrected chi connectivity index (χ3v) is 3.75. The molecule has 1 N–H and O–H groups in total. The predicted molar refractivity (Wildman–Crippen MR) is 80.9 cm³/mol. The summed E-state index contributed by atoms with van der Waals surface area (Å²) in [6.45, 7) is 4.03. The zero-order chi connectivity index (χ0) is 14.3. The van der Waals surface area contributed by atoms with Crippen LogP contribution in [0.5, 0.6) is 0 Å². The van der Waals surface area contributed by atoms with E-state index in [1.807, 2.05) is 38.1 Å². The van der Waals surface area contributed by atoms with Crippen LogP contribution in [0.1, 0.15) is 20.3 Å². The molecule has 1 unspecified atom stereocenters. The molecule has 1 aromatic carbocycles. The van der Waals surface area contributed by atoms with Gasteiger partial charge in [0.15, 0.2) is 0 Å². The van der Waals surface area contributed by atoms with Crippen molar-refractivity contribution in [3.63, 3.8) is 0 Å². The molecule has 1 atom stereocenters. The third kappa shape index (κ3) is 6.32. The summed E-state index contributed by atoms with van der Waals surface area (Å²) in [5.74, 6) is 0.625. The Morgan fingerprint density at radius 2 is 2.21 bits per heavy atom. The number of methoxy groups -OCH3 is 1. The summed E-state index contributed by atoms with van der Waals surface area (Å²) in [6, 6.07) is 7.71. The molecule has 0 aliphatic rings. The highest BCUT2D eigenvalue weighted by atomic mass is 35.5. The maximum atomic E-state index is 11.6. The Morgan fingerprint density at radius 1 is 1.47 bits per heavy atom. The normalized spacial score (nSPS) is 12.5. The standard InChI is InChI=1S/C14H20ClNO2S/c1-10(2)16-13(14(17)18-3)7-8-19-12-6-4-5-11(15)9-12/h4-6,9-10,13,16H,7-8H2,1-3H3. The van der Waals surface area contributed by atoms with Gasteiger partial charge in [-0.15, -0.1) is 11.8 Å². The molecule has 1 rings (SSSR count). The van der Waals surface area contributed by atoms with Gasteiger partial charge in [-0.05, 0) is 24.6 Å². The molecule has 5 heteroatoms. The molecule has 0 aliphatic heterocycles. The number of esters is 1. The molecular formula is C14H20ClNO2S. The van der Waals surface area contributed by atoms with Gasteiger partial charge in [-0.1, -0.05) is 31.5 Å². The summed E-state index contributed by atoms with van der Waals surface area (Å²) >= 11 is 7.61. The zero-order valence-electron chi connectivity index (χ0n) is 11.5. The molecule has 0 aromatic heterocycles. The number of nitrogens with one attached hydrogen (secondary N) is 1. The van der Waals surface area contributed by atoms with Crippen LogP contribution < -0.4 is 5.32 Å². The smallest absolute Gasteiger partial charge is 0.322 e. The van der Waals surface area contributed by atoms with Crippen molar-refractivity contribution in [2.24, 2.45) is 0 Å². The van der Waals surface area contributed by atoms with Gasteiger partial charge in [0.05, 0.1) is 7.11 Å². The van der Waals surface area contributed by atoms with Gasteiger partial charge >= 0.3 is 5.97 Å². The Labute approximate surface area is 124 Å². The first kappa shape index (κ1) is 16.3. The molecule has 0 bridgehead atoms. The fraction of sp³-hybridized carbons (Fsp3) is 0.500. The average molecular weight is 302 g/mol. The van der Waals surface area contributed by atoms with Gasteiger partial charge < -0.3 is 10.1 Å². The van der Waals surface area contributed by atoms with Gasteiger partial charge in [-0.2, -0.15) is 0 Å². The average Bonchev–Trinajstić information content (AvgIpc) is 2.36. The Hall–Kier alpha value is -0.710. The second-order valence-corrected chi connectivity index (χ2v) is 6.10. The highest BCUT2D eigenvalue weighted by Gasteiger charge is 2.19. The minimum absolute atomic E-state index is 0.208. The lowest BCUT2D eigenvalue weighted by atomic mass is 10.2. The van der Waals surface area contributed by atoms with Crippen LogP contribution in [-0.2, 0) is 9.53 Å². The van der Waals surface area contributed by atoms with Gasteiger partial charge in [-0.25, -0.2) is 0 Å². The molecular weight excluding hydrogens is 282 g/mol. The summed E-state index contributed by atoms with van der Waals surface area (Å²) in [6.07, 6.45) is 0.724. The first-order chi connectivity index (χ1) is 9.02. The minimum atomic E-state index is -0.253. The number of hydrogen-bond acceptors (Lipinski definition) is 4. The topological polar surface area (TPSA) is 38.3 Å². The SMILES string of the molecule is COC(=O)C(CCSc1cccc(Cl)c1)NC(C)C. The second-order valence-electron chi connectivity index (χ2n) is 4.49. The Bertz CT molecular complexity index is 412. The number of rotatable bonds is 7. The van der Waals surface area contributed by atoms with E-state index in [-0.39, 0.29) is 18.1 Å². The van der Waals surface area contributed by atoms with Crippen LogP contribution in [0.25, 0.3) is 0 Å². The number of halogens is 1. The molecule has 0 heterocycles. The van der Waals surface area contributed by atoms with Crippen molar-refractivity contribution in [2.45, 2.75) is 37.2 Å². The fourth-order valence-corrected chi connectivity index (χ4v) is 2.89. The molecule has 0 fully saturated rings. The monoisotopic (exact) mass is 301 g/mol. The maximum absolute atomic E-state index is 11.6. The molecule has 0 aliphatic carbocycles. The van der Waals surface area contributed by atoms with Crippen molar-refractivity contribution < 1.29 is 9.53 Å². The number of ether oxygens (including phenoxy) is 1. The van der Waals surface area contributed by atoms with Crippen molar-refractivity contribution in [1.82, 2.24) is 5.32 Å². The summed E-state index contributed by atoms with van der Waals surface area (Å²) in [5, 5.41) is 3.95. The summed E-state index contributed by atoms with van der Waals surface area (Å²) in [7, 11) is 1.42. The van der Waals surface area contributed by atoms with Gasteiger partial charge in [-0.3, -0.25) is 4.79 Å². The van der Waals surface area contributed by atoms with Crippen LogP contribution in [0.4, 0.5) is 0 Å². The molecule has 3 nitrogen and oxygen atoms in total. The van der Waals surface area contributed by atoms with E-state index in [1.165, 1.54) is 7.11 Å². The van der Waals surface area contributed by atoms with Crippen LogP contribution in [0.2, 0.25) is 5.02 Å². The van der Waals surface area contributed by atoms with E-state index in [0.29, 0.717) is 0 Å². The van der Waals surface area contributed by atoms with Gasteiger partial charge in [0.25, 0.3) is 0 Å². The molecule has 0 saturated carbocycles. The Morgan fingerprint density at radius 3 is 2.79 bits per heavy atom. The molecule has 0 saturated heterocycles. The van der Waals surface area contributed by atoms with E-state index in [4.69, 9.17) is 16.3 Å². The lowest BCUT2D eigenvalue weighted by Crippen LogP contribution is -2.41. The van der Waals surface area contributed by atoms with Crippen molar-refractivity contribution in [3.05, 3.63) is 29.3 Å². The Kier molecular flexibility index (Phi) is 7.28. The van der Waals surface area contributed by atoms with Crippen molar-refractivity contribution in [3.8, 4) is 0 Å². The summed E-state index contributed by atoms with van der Waals surface area (Å²) < 4.78 is 4.80. The lowest BCUT2D eigenvalue weighted by molar-refractivity contribution is -0.143. The largest absolute Gasteiger partial charge is 0.468 e. The van der Waals surface area contributed by atoms with Crippen LogP contribution in [-0.4, -0.2) is 30.9 Å². The van der Waals surface area contributed by atoms with Crippen LogP contribution in [0.15, 0.2) is 29.2 Å². The molecule has 1 aromatic rings. The summed E-state index contributed by atoms with van der Waals surface area (Å²) in [5.41, 5.74) is 0. The molecule has 106 valence electrons. The molecule has 0 radical (unpaired) electrons. The van der Waals surface area contributed by atoms with E-state index >= 15 is 0 Å². The summed E-state index contributed by atoms with van der Waals surface area (Å²) in [4.78, 5) is 12.7. The van der Waals surface area contributed by atoms with E-state index in [1.54, 1.807) is 11.8 Å². The highest BCUT2D eigenvalue weighted by Crippen LogP contribution is 2.22. The van der Waals surface area contributed by atoms with Gasteiger partial charge in [0.2, 0.25) is 0 Å². The van der Waals surface area contributed by atoms with Crippen molar-refractivity contribution in [2.75, 3.05) is 12.9 Å². The number of carbonyl (C=O) groups is 1. The number of hydrogen-bond donors (Lipinski definition) is 1. The minimum Gasteiger partial charge on any atom is -0.468 e. The van der Waals surface area contributed by atoms with E-state index in [9.17, 15) is 4.79 Å². The number of benzene rings is 1. The van der Waals surface area contributed by atoms with Crippen LogP contribution >= 0.6 is 23.4 Å². The van der Waals surface area contributed by atoms with Crippen molar-refractivity contribution >= 4 is 29.3 Å². The lowest BCUT2D eigenvalue weighted by Gasteiger charge is -2.18. The van der Waals surface area contributed by atoms with Gasteiger partial charge in [0, 0.05) is 21.7 Å². The van der Waals surface area contributed by atoms with Crippen LogP contribution in [0.3, 0.4) is 0 Å². The number of thioether (sulfide) groups is 1. The first-order valence-corrected chi connectivity index (χ1v) is 7.61. The van der Waals surface area contributed by atoms with E-state index < -0.39 is 0 Å². The van der Waals surface area contributed by atoms with E-state index in [2.05, 4.69) is 5.32 Å². The zero-order valence-corrected chi connectivity index (χ0v) is 13.1. The van der Waals surface area contributed by atoms with Gasteiger partial charge in [0.1, 0.15) is 6.04 Å². The molecule has 19 heavy (non-hydrogen) atoms. The first-order valence-electron chi connectivity index (χ1n) is 6.25.